The molecule has 0 bridgehead atoms. The maximum absolute atomic E-state index is 11.9. The zero-order valence-corrected chi connectivity index (χ0v) is 13.5. The molecule has 1 atom stereocenters. The van der Waals surface area contributed by atoms with Crippen molar-refractivity contribution in [3.63, 3.8) is 0 Å². The first kappa shape index (κ1) is 15.1. The fourth-order valence-corrected chi connectivity index (χ4v) is 3.62. The highest BCUT2D eigenvalue weighted by Crippen LogP contribution is 2.23. The summed E-state index contributed by atoms with van der Waals surface area (Å²) in [5.41, 5.74) is 1.29. The fraction of sp³-hybridized carbons (Fsp3) is 0.389. The second-order valence-corrected chi connectivity index (χ2v) is 6.85. The van der Waals surface area contributed by atoms with Crippen molar-refractivity contribution in [3.05, 3.63) is 52.7 Å². The van der Waals surface area contributed by atoms with Crippen LogP contribution in [0.1, 0.15) is 17.7 Å². The predicted octanol–water partition coefficient (Wildman–Crippen LogP) is 3.32. The largest absolute Gasteiger partial charge is 0.371 e. The fourth-order valence-electron chi connectivity index (χ4n) is 2.91. The molecule has 22 heavy (non-hydrogen) atoms. The summed E-state index contributed by atoms with van der Waals surface area (Å²) < 4.78 is 0. The molecule has 2 heterocycles. The summed E-state index contributed by atoms with van der Waals surface area (Å²) in [4.78, 5) is 15.6. The van der Waals surface area contributed by atoms with Gasteiger partial charge in [0.1, 0.15) is 0 Å². The molecule has 0 aliphatic carbocycles. The minimum atomic E-state index is 0.173. The number of para-hydroxylation sites is 1. The zero-order chi connectivity index (χ0) is 15.2. The minimum Gasteiger partial charge on any atom is -0.371 e. The van der Waals surface area contributed by atoms with Crippen molar-refractivity contribution in [2.24, 2.45) is 5.92 Å². The van der Waals surface area contributed by atoms with Crippen molar-refractivity contribution in [2.45, 2.75) is 19.3 Å². The van der Waals surface area contributed by atoms with Gasteiger partial charge in [-0.1, -0.05) is 24.3 Å². The number of rotatable bonds is 6. The molecule has 1 amide bonds. The number of amides is 1. The molecule has 1 aliphatic rings. The van der Waals surface area contributed by atoms with Gasteiger partial charge in [-0.3, -0.25) is 4.79 Å². The minimum absolute atomic E-state index is 0.173. The summed E-state index contributed by atoms with van der Waals surface area (Å²) in [7, 11) is 0. The Morgan fingerprint density at radius 3 is 2.86 bits per heavy atom. The Bertz CT molecular complexity index is 582. The van der Waals surface area contributed by atoms with Crippen LogP contribution in [0.3, 0.4) is 0 Å². The molecule has 4 heteroatoms. The zero-order valence-electron chi connectivity index (χ0n) is 12.7. The SMILES string of the molecule is O=C(CCc1cccs1)NC[C@@H]1CCN(c2ccccc2)C1. The molecule has 1 aromatic carbocycles. The lowest BCUT2D eigenvalue weighted by molar-refractivity contribution is -0.121. The molecule has 0 radical (unpaired) electrons. The number of anilines is 1. The van der Waals surface area contributed by atoms with E-state index in [0.29, 0.717) is 12.3 Å². The highest BCUT2D eigenvalue weighted by molar-refractivity contribution is 7.09. The van der Waals surface area contributed by atoms with Crippen LogP contribution in [0.5, 0.6) is 0 Å². The average Bonchev–Trinajstić information content (AvgIpc) is 3.23. The van der Waals surface area contributed by atoms with Crippen LogP contribution in [0.25, 0.3) is 0 Å². The summed E-state index contributed by atoms with van der Waals surface area (Å²) in [5, 5.41) is 5.16. The maximum Gasteiger partial charge on any atom is 0.220 e. The molecule has 2 aromatic rings. The molecule has 0 spiro atoms. The Labute approximate surface area is 136 Å². The number of nitrogens with zero attached hydrogens (tertiary/aromatic N) is 1. The Morgan fingerprint density at radius 1 is 1.23 bits per heavy atom. The van der Waals surface area contributed by atoms with E-state index in [1.54, 1.807) is 11.3 Å². The second-order valence-electron chi connectivity index (χ2n) is 5.82. The first-order valence-corrected chi connectivity index (χ1v) is 8.78. The van der Waals surface area contributed by atoms with Crippen molar-refractivity contribution in [1.82, 2.24) is 5.32 Å². The van der Waals surface area contributed by atoms with E-state index in [9.17, 15) is 4.79 Å². The van der Waals surface area contributed by atoms with Gasteiger partial charge in [0.15, 0.2) is 0 Å². The molecule has 116 valence electrons. The van der Waals surface area contributed by atoms with E-state index in [4.69, 9.17) is 0 Å². The van der Waals surface area contributed by atoms with Crippen molar-refractivity contribution in [3.8, 4) is 0 Å². The molecule has 1 aromatic heterocycles. The topological polar surface area (TPSA) is 32.3 Å². The molecule has 0 unspecified atom stereocenters. The van der Waals surface area contributed by atoms with Gasteiger partial charge in [-0.15, -0.1) is 11.3 Å². The van der Waals surface area contributed by atoms with Crippen LogP contribution in [0.2, 0.25) is 0 Å². The van der Waals surface area contributed by atoms with Crippen molar-refractivity contribution >= 4 is 22.9 Å². The van der Waals surface area contributed by atoms with E-state index >= 15 is 0 Å². The standard InChI is InChI=1S/C18H22N2OS/c21-18(9-8-17-7-4-12-22-17)19-13-15-10-11-20(14-15)16-5-2-1-3-6-16/h1-7,12,15H,8-11,13-14H2,(H,19,21)/t15-/m0/s1. The Balaban J connectivity index is 1.38. The van der Waals surface area contributed by atoms with E-state index in [1.165, 1.54) is 10.6 Å². The van der Waals surface area contributed by atoms with Crippen molar-refractivity contribution < 1.29 is 4.79 Å². The van der Waals surface area contributed by atoms with Gasteiger partial charge in [0, 0.05) is 36.6 Å². The van der Waals surface area contributed by atoms with Gasteiger partial charge < -0.3 is 10.2 Å². The smallest absolute Gasteiger partial charge is 0.220 e. The van der Waals surface area contributed by atoms with Crippen LogP contribution in [-0.2, 0) is 11.2 Å². The van der Waals surface area contributed by atoms with Crippen LogP contribution in [0, 0.1) is 5.92 Å². The van der Waals surface area contributed by atoms with Gasteiger partial charge in [-0.25, -0.2) is 0 Å². The lowest BCUT2D eigenvalue weighted by Crippen LogP contribution is -2.31. The lowest BCUT2D eigenvalue weighted by atomic mass is 10.1. The summed E-state index contributed by atoms with van der Waals surface area (Å²) in [5.74, 6) is 0.734. The third-order valence-corrected chi connectivity index (χ3v) is 5.11. The monoisotopic (exact) mass is 314 g/mol. The predicted molar refractivity (Wildman–Crippen MR) is 92.4 cm³/mol. The Morgan fingerprint density at radius 2 is 2.09 bits per heavy atom. The summed E-state index contributed by atoms with van der Waals surface area (Å²) in [6.07, 6.45) is 2.60. The number of thiophene rings is 1. The highest BCUT2D eigenvalue weighted by atomic mass is 32.1. The molecule has 1 aliphatic heterocycles. The summed E-state index contributed by atoms with van der Waals surface area (Å²) in [6, 6.07) is 14.6. The highest BCUT2D eigenvalue weighted by Gasteiger charge is 2.22. The number of hydrogen-bond acceptors (Lipinski definition) is 3. The first-order chi connectivity index (χ1) is 10.8. The molecular formula is C18H22N2OS. The second kappa shape index (κ2) is 7.45. The van der Waals surface area contributed by atoms with E-state index in [1.807, 2.05) is 12.1 Å². The lowest BCUT2D eigenvalue weighted by Gasteiger charge is -2.18. The first-order valence-electron chi connectivity index (χ1n) is 7.90. The molecule has 1 fully saturated rings. The van der Waals surface area contributed by atoms with Crippen LogP contribution in [0.4, 0.5) is 5.69 Å². The van der Waals surface area contributed by atoms with Crippen LogP contribution in [-0.4, -0.2) is 25.5 Å². The van der Waals surface area contributed by atoms with Gasteiger partial charge in [0.25, 0.3) is 0 Å². The molecular weight excluding hydrogens is 292 g/mol. The van der Waals surface area contributed by atoms with Crippen LogP contribution in [0.15, 0.2) is 47.8 Å². The van der Waals surface area contributed by atoms with E-state index in [-0.39, 0.29) is 5.91 Å². The number of benzene rings is 1. The number of nitrogens with one attached hydrogen (secondary N) is 1. The molecule has 3 nitrogen and oxygen atoms in total. The average molecular weight is 314 g/mol. The maximum atomic E-state index is 11.9. The van der Waals surface area contributed by atoms with Crippen molar-refractivity contribution in [1.29, 1.82) is 0 Å². The van der Waals surface area contributed by atoms with Gasteiger partial charge in [-0.05, 0) is 42.3 Å². The van der Waals surface area contributed by atoms with Gasteiger partial charge in [-0.2, -0.15) is 0 Å². The van der Waals surface area contributed by atoms with Gasteiger partial charge in [0.2, 0.25) is 5.91 Å². The van der Waals surface area contributed by atoms with Gasteiger partial charge >= 0.3 is 0 Å². The molecule has 1 saturated heterocycles. The van der Waals surface area contributed by atoms with Crippen LogP contribution >= 0.6 is 11.3 Å². The third kappa shape index (κ3) is 4.10. The summed E-state index contributed by atoms with van der Waals surface area (Å²) >= 11 is 1.72. The van der Waals surface area contributed by atoms with E-state index in [0.717, 1.165) is 32.5 Å². The quantitative estimate of drug-likeness (QED) is 0.887. The van der Waals surface area contributed by atoms with E-state index < -0.39 is 0 Å². The van der Waals surface area contributed by atoms with Crippen molar-refractivity contribution in [2.75, 3.05) is 24.5 Å². The van der Waals surface area contributed by atoms with E-state index in [2.05, 4.69) is 45.9 Å². The number of aryl methyl sites for hydroxylation is 1. The molecule has 0 saturated carbocycles. The molecule has 3 rings (SSSR count). The Hall–Kier alpha value is -1.81. The molecule has 1 N–H and O–H groups in total. The van der Waals surface area contributed by atoms with Crippen LogP contribution < -0.4 is 10.2 Å². The third-order valence-electron chi connectivity index (χ3n) is 4.17. The normalized spacial score (nSPS) is 17.6. The number of hydrogen-bond donors (Lipinski definition) is 1. The Kier molecular flexibility index (Phi) is 5.11. The number of carbonyl (C=O) groups excluding carboxylic acids is 1. The number of carbonyl (C=O) groups is 1. The van der Waals surface area contributed by atoms with Gasteiger partial charge in [0.05, 0.1) is 0 Å². The summed E-state index contributed by atoms with van der Waals surface area (Å²) in [6.45, 7) is 2.92.